The first-order chi connectivity index (χ1) is 13.4. The number of benzene rings is 2. The van der Waals surface area contributed by atoms with Crippen LogP contribution in [-0.4, -0.2) is 37.0 Å². The minimum Gasteiger partial charge on any atom is -0.484 e. The summed E-state index contributed by atoms with van der Waals surface area (Å²) >= 11 is 3.28. The average Bonchev–Trinajstić information content (AvgIpc) is 3.22. The van der Waals surface area contributed by atoms with Crippen LogP contribution in [0, 0.1) is 0 Å². The molecular weight excluding hydrogens is 446 g/mol. The van der Waals surface area contributed by atoms with Crippen molar-refractivity contribution < 1.29 is 17.9 Å². The van der Waals surface area contributed by atoms with Crippen LogP contribution >= 0.6 is 15.9 Å². The summed E-state index contributed by atoms with van der Waals surface area (Å²) in [6.07, 6.45) is 4.98. The number of sulfonamides is 1. The molecule has 146 valence electrons. The van der Waals surface area contributed by atoms with Gasteiger partial charge in [-0.2, -0.15) is 0 Å². The first kappa shape index (κ1) is 20.2. The van der Waals surface area contributed by atoms with Crippen molar-refractivity contribution in [2.75, 3.05) is 13.2 Å². The van der Waals surface area contributed by atoms with Crippen molar-refractivity contribution in [3.8, 4) is 5.75 Å². The summed E-state index contributed by atoms with van der Waals surface area (Å²) in [7, 11) is -3.56. The Morgan fingerprint density at radius 3 is 2.68 bits per heavy atom. The fourth-order valence-corrected chi connectivity index (χ4v) is 3.74. The zero-order valence-electron chi connectivity index (χ0n) is 14.8. The predicted molar refractivity (Wildman–Crippen MR) is 108 cm³/mol. The molecule has 2 aromatic carbocycles. The largest absolute Gasteiger partial charge is 0.484 e. The van der Waals surface area contributed by atoms with Crippen molar-refractivity contribution in [2.24, 2.45) is 0 Å². The molecule has 0 aliphatic heterocycles. The van der Waals surface area contributed by atoms with E-state index in [0.29, 0.717) is 12.2 Å². The zero-order chi connectivity index (χ0) is 20.0. The van der Waals surface area contributed by atoms with E-state index in [1.807, 2.05) is 6.07 Å². The normalized spacial score (nSPS) is 11.3. The van der Waals surface area contributed by atoms with Crippen molar-refractivity contribution >= 4 is 31.9 Å². The van der Waals surface area contributed by atoms with Gasteiger partial charge < -0.3 is 4.74 Å². The lowest BCUT2D eigenvalue weighted by atomic mass is 10.1. The Bertz CT molecular complexity index is 1040. The van der Waals surface area contributed by atoms with Crippen LogP contribution in [0.5, 0.6) is 5.75 Å². The van der Waals surface area contributed by atoms with E-state index in [9.17, 15) is 13.2 Å². The predicted octanol–water partition coefficient (Wildman–Crippen LogP) is 2.89. The molecule has 3 rings (SSSR count). The highest BCUT2D eigenvalue weighted by Gasteiger charge is 2.13. The Balaban J connectivity index is 1.53. The molecule has 1 aromatic heterocycles. The van der Waals surface area contributed by atoms with Gasteiger partial charge in [-0.1, -0.05) is 28.1 Å². The molecule has 0 saturated carbocycles. The standard InChI is InChI=1S/C19H18BrN3O4S/c20-16-4-6-18(7-5-16)28(25,26)22-9-8-15-2-1-3-17(12-15)27-13-19(24)23-11-10-21-14-23/h1-7,10-12,14,22H,8-9,13H2. The number of carbonyl (C=O) groups is 1. The third kappa shape index (κ3) is 5.51. The first-order valence-corrected chi connectivity index (χ1v) is 10.7. The molecule has 9 heteroatoms. The lowest BCUT2D eigenvalue weighted by Crippen LogP contribution is -2.26. The van der Waals surface area contributed by atoms with E-state index in [0.717, 1.165) is 10.0 Å². The van der Waals surface area contributed by atoms with Crippen LogP contribution in [0.3, 0.4) is 0 Å². The van der Waals surface area contributed by atoms with Crippen molar-refractivity contribution in [1.82, 2.24) is 14.3 Å². The van der Waals surface area contributed by atoms with E-state index in [4.69, 9.17) is 4.74 Å². The van der Waals surface area contributed by atoms with E-state index in [1.165, 1.54) is 29.2 Å². The summed E-state index contributed by atoms with van der Waals surface area (Å²) < 4.78 is 34.9. The number of rotatable bonds is 8. The van der Waals surface area contributed by atoms with Crippen LogP contribution in [0.4, 0.5) is 0 Å². The van der Waals surface area contributed by atoms with Crippen molar-refractivity contribution in [3.63, 3.8) is 0 Å². The maximum atomic E-state index is 12.3. The lowest BCUT2D eigenvalue weighted by Gasteiger charge is -2.09. The van der Waals surface area contributed by atoms with Gasteiger partial charge in [-0.05, 0) is 48.4 Å². The molecule has 3 aromatic rings. The van der Waals surface area contributed by atoms with Crippen LogP contribution in [0.15, 0.2) is 76.6 Å². The third-order valence-electron chi connectivity index (χ3n) is 3.88. The zero-order valence-corrected chi connectivity index (χ0v) is 17.2. The molecule has 1 N–H and O–H groups in total. The van der Waals surface area contributed by atoms with Gasteiger partial charge in [0.2, 0.25) is 10.0 Å². The van der Waals surface area contributed by atoms with Crippen LogP contribution < -0.4 is 9.46 Å². The van der Waals surface area contributed by atoms with Crippen LogP contribution in [-0.2, 0) is 16.4 Å². The molecule has 7 nitrogen and oxygen atoms in total. The van der Waals surface area contributed by atoms with E-state index in [-0.39, 0.29) is 24.0 Å². The summed E-state index contributed by atoms with van der Waals surface area (Å²) in [6, 6.07) is 13.6. The summed E-state index contributed by atoms with van der Waals surface area (Å²) in [5, 5.41) is 0. The second kappa shape index (κ2) is 9.13. The highest BCUT2D eigenvalue weighted by Crippen LogP contribution is 2.16. The summed E-state index contributed by atoms with van der Waals surface area (Å²) in [4.78, 5) is 16.0. The molecule has 0 saturated heterocycles. The number of hydrogen-bond acceptors (Lipinski definition) is 5. The number of imidazole rings is 1. The van der Waals surface area contributed by atoms with Gasteiger partial charge in [0, 0.05) is 23.4 Å². The van der Waals surface area contributed by atoms with E-state index in [2.05, 4.69) is 25.6 Å². The maximum Gasteiger partial charge on any atom is 0.269 e. The topological polar surface area (TPSA) is 90.3 Å². The van der Waals surface area contributed by atoms with Gasteiger partial charge in [0.05, 0.1) is 4.90 Å². The monoisotopic (exact) mass is 463 g/mol. The van der Waals surface area contributed by atoms with Crippen molar-refractivity contribution in [2.45, 2.75) is 11.3 Å². The molecule has 0 bridgehead atoms. The molecule has 28 heavy (non-hydrogen) atoms. The molecule has 0 unspecified atom stereocenters. The van der Waals surface area contributed by atoms with Crippen LogP contribution in [0.1, 0.15) is 10.4 Å². The number of nitrogens with zero attached hydrogens (tertiary/aromatic N) is 2. The van der Waals surface area contributed by atoms with Gasteiger partial charge >= 0.3 is 0 Å². The Hall–Kier alpha value is -2.49. The quantitative estimate of drug-likeness (QED) is 0.554. The highest BCUT2D eigenvalue weighted by molar-refractivity contribution is 9.10. The molecule has 0 spiro atoms. The van der Waals surface area contributed by atoms with Gasteiger partial charge in [0.1, 0.15) is 12.1 Å². The van der Waals surface area contributed by atoms with Gasteiger partial charge in [-0.3, -0.25) is 9.36 Å². The van der Waals surface area contributed by atoms with E-state index >= 15 is 0 Å². The van der Waals surface area contributed by atoms with E-state index < -0.39 is 10.0 Å². The Kier molecular flexibility index (Phi) is 6.61. The second-order valence-electron chi connectivity index (χ2n) is 5.90. The molecule has 0 atom stereocenters. The second-order valence-corrected chi connectivity index (χ2v) is 8.58. The molecule has 1 heterocycles. The fourth-order valence-electron chi connectivity index (χ4n) is 2.44. The maximum absolute atomic E-state index is 12.3. The highest BCUT2D eigenvalue weighted by atomic mass is 79.9. The molecular formula is C19H18BrN3O4S. The van der Waals surface area contributed by atoms with Crippen molar-refractivity contribution in [3.05, 3.63) is 77.3 Å². The van der Waals surface area contributed by atoms with Crippen molar-refractivity contribution in [1.29, 1.82) is 0 Å². The van der Waals surface area contributed by atoms with Crippen LogP contribution in [0.2, 0.25) is 0 Å². The minimum absolute atomic E-state index is 0.115. The van der Waals surface area contributed by atoms with Gasteiger partial charge in [-0.15, -0.1) is 0 Å². The summed E-state index contributed by atoms with van der Waals surface area (Å²) in [6.45, 7) is 0.131. The minimum atomic E-state index is -3.56. The first-order valence-electron chi connectivity index (χ1n) is 8.42. The third-order valence-corrected chi connectivity index (χ3v) is 5.89. The number of aromatic nitrogens is 2. The molecule has 0 amide bonds. The summed E-state index contributed by atoms with van der Waals surface area (Å²) in [5.74, 6) is 0.312. The number of hydrogen-bond donors (Lipinski definition) is 1. The number of carbonyl (C=O) groups excluding carboxylic acids is 1. The van der Waals surface area contributed by atoms with E-state index in [1.54, 1.807) is 36.5 Å². The molecule has 0 aliphatic rings. The SMILES string of the molecule is O=C(COc1cccc(CCNS(=O)(=O)c2ccc(Br)cc2)c1)n1ccnc1. The Morgan fingerprint density at radius 1 is 1.18 bits per heavy atom. The van der Waals surface area contributed by atoms with Gasteiger partial charge in [0.15, 0.2) is 6.61 Å². The Labute approximate surface area is 171 Å². The average molecular weight is 464 g/mol. The number of nitrogens with one attached hydrogen (secondary N) is 1. The molecule has 0 radical (unpaired) electrons. The fraction of sp³-hybridized carbons (Fsp3) is 0.158. The Morgan fingerprint density at radius 2 is 1.96 bits per heavy atom. The van der Waals surface area contributed by atoms with Crippen LogP contribution in [0.25, 0.3) is 0 Å². The smallest absolute Gasteiger partial charge is 0.269 e. The molecule has 0 fully saturated rings. The van der Waals surface area contributed by atoms with Gasteiger partial charge in [-0.25, -0.2) is 18.1 Å². The lowest BCUT2D eigenvalue weighted by molar-refractivity contribution is 0.0837. The summed E-state index contributed by atoms with van der Waals surface area (Å²) in [5.41, 5.74) is 0.895. The van der Waals surface area contributed by atoms with Gasteiger partial charge in [0.25, 0.3) is 5.91 Å². The number of ether oxygens (including phenoxy) is 1. The molecule has 0 aliphatic carbocycles. The number of halogens is 1.